The molecular formula is C13H10ClN3O. The van der Waals surface area contributed by atoms with E-state index in [-0.39, 0.29) is 5.28 Å². The van der Waals surface area contributed by atoms with Gasteiger partial charge in [0.2, 0.25) is 5.28 Å². The number of hydrogen-bond donors (Lipinski definition) is 0. The molecule has 0 fully saturated rings. The van der Waals surface area contributed by atoms with Gasteiger partial charge in [0.1, 0.15) is 11.4 Å². The number of halogens is 1. The van der Waals surface area contributed by atoms with E-state index in [0.717, 1.165) is 22.5 Å². The van der Waals surface area contributed by atoms with Crippen molar-refractivity contribution in [1.29, 1.82) is 0 Å². The fourth-order valence-corrected chi connectivity index (χ4v) is 1.99. The average molecular weight is 260 g/mol. The molecule has 0 aliphatic carbocycles. The number of ether oxygens (including phenoxy) is 1. The van der Waals surface area contributed by atoms with Gasteiger partial charge in [-0.2, -0.15) is 4.98 Å². The van der Waals surface area contributed by atoms with Gasteiger partial charge >= 0.3 is 0 Å². The fraction of sp³-hybridized carbons (Fsp3) is 0.0769. The van der Waals surface area contributed by atoms with Crippen LogP contribution in [-0.4, -0.2) is 21.6 Å². The first-order chi connectivity index (χ1) is 8.78. The lowest BCUT2D eigenvalue weighted by molar-refractivity contribution is 0.414. The number of nitrogens with zero attached hydrogens (tertiary/aromatic N) is 3. The van der Waals surface area contributed by atoms with Crippen LogP contribution in [0, 0.1) is 0 Å². The zero-order valence-electron chi connectivity index (χ0n) is 9.67. The minimum atomic E-state index is 0.241. The summed E-state index contributed by atoms with van der Waals surface area (Å²) in [5.74, 6) is 0.800. The molecule has 0 unspecified atom stereocenters. The van der Waals surface area contributed by atoms with E-state index in [1.54, 1.807) is 13.3 Å². The lowest BCUT2D eigenvalue weighted by atomic mass is 10.3. The van der Waals surface area contributed by atoms with Crippen LogP contribution in [0.2, 0.25) is 5.28 Å². The molecule has 0 aliphatic heterocycles. The molecule has 5 heteroatoms. The third-order valence-corrected chi connectivity index (χ3v) is 2.91. The van der Waals surface area contributed by atoms with Crippen molar-refractivity contribution in [3.05, 3.63) is 48.0 Å². The zero-order valence-corrected chi connectivity index (χ0v) is 10.4. The summed E-state index contributed by atoms with van der Waals surface area (Å²) in [7, 11) is 1.64. The molecular weight excluding hydrogens is 250 g/mol. The summed E-state index contributed by atoms with van der Waals surface area (Å²) in [6, 6.07) is 9.71. The molecule has 0 amide bonds. The topological polar surface area (TPSA) is 39.9 Å². The predicted octanol–water partition coefficient (Wildman–Crippen LogP) is 3.08. The Balaban J connectivity index is 2.21. The minimum Gasteiger partial charge on any atom is -0.497 e. The van der Waals surface area contributed by atoms with E-state index in [2.05, 4.69) is 9.97 Å². The molecule has 0 radical (unpaired) electrons. The van der Waals surface area contributed by atoms with Crippen molar-refractivity contribution in [3.8, 4) is 11.4 Å². The van der Waals surface area contributed by atoms with Crippen molar-refractivity contribution in [3.63, 3.8) is 0 Å². The maximum atomic E-state index is 5.83. The molecule has 0 atom stereocenters. The van der Waals surface area contributed by atoms with Gasteiger partial charge in [-0.05, 0) is 29.8 Å². The van der Waals surface area contributed by atoms with E-state index in [0.29, 0.717) is 0 Å². The third-order valence-electron chi connectivity index (χ3n) is 2.73. The molecule has 0 N–H and O–H groups in total. The Morgan fingerprint density at radius 3 is 3.00 bits per heavy atom. The van der Waals surface area contributed by atoms with Crippen LogP contribution in [-0.2, 0) is 0 Å². The predicted molar refractivity (Wildman–Crippen MR) is 70.4 cm³/mol. The van der Waals surface area contributed by atoms with E-state index in [9.17, 15) is 0 Å². The van der Waals surface area contributed by atoms with E-state index in [1.165, 1.54) is 0 Å². The maximum Gasteiger partial charge on any atom is 0.224 e. The molecule has 0 aliphatic rings. The first-order valence-corrected chi connectivity index (χ1v) is 5.80. The number of rotatable bonds is 2. The van der Waals surface area contributed by atoms with E-state index in [4.69, 9.17) is 16.3 Å². The number of aromatic nitrogens is 3. The fourth-order valence-electron chi connectivity index (χ4n) is 1.87. The summed E-state index contributed by atoms with van der Waals surface area (Å²) in [5.41, 5.74) is 1.75. The van der Waals surface area contributed by atoms with E-state index < -0.39 is 0 Å². The molecule has 2 heterocycles. The van der Waals surface area contributed by atoms with Gasteiger partial charge in [-0.25, -0.2) is 4.98 Å². The Morgan fingerprint density at radius 1 is 1.28 bits per heavy atom. The zero-order chi connectivity index (χ0) is 12.5. The maximum absolute atomic E-state index is 5.83. The largest absolute Gasteiger partial charge is 0.497 e. The summed E-state index contributed by atoms with van der Waals surface area (Å²) in [6.07, 6.45) is 3.64. The van der Waals surface area contributed by atoms with E-state index >= 15 is 0 Å². The first-order valence-electron chi connectivity index (χ1n) is 5.42. The second-order valence-electron chi connectivity index (χ2n) is 3.81. The van der Waals surface area contributed by atoms with Crippen LogP contribution in [0.15, 0.2) is 42.7 Å². The molecule has 18 heavy (non-hydrogen) atoms. The van der Waals surface area contributed by atoms with Crippen LogP contribution in [0.1, 0.15) is 0 Å². The number of fused-ring (bicyclic) bond motifs is 1. The van der Waals surface area contributed by atoms with Crippen LogP contribution in [0.25, 0.3) is 16.7 Å². The molecule has 3 aromatic rings. The summed E-state index contributed by atoms with van der Waals surface area (Å²) in [5, 5.41) is 1.19. The Morgan fingerprint density at radius 2 is 2.17 bits per heavy atom. The van der Waals surface area contributed by atoms with E-state index in [1.807, 2.05) is 41.1 Å². The molecule has 0 saturated carbocycles. The Kier molecular flexibility index (Phi) is 2.64. The highest BCUT2D eigenvalue weighted by molar-refractivity contribution is 6.28. The Labute approximate surface area is 109 Å². The van der Waals surface area contributed by atoms with Crippen LogP contribution in [0.5, 0.6) is 5.75 Å². The summed E-state index contributed by atoms with van der Waals surface area (Å²) in [6.45, 7) is 0. The second-order valence-corrected chi connectivity index (χ2v) is 4.14. The molecule has 1 aromatic carbocycles. The van der Waals surface area contributed by atoms with Crippen molar-refractivity contribution >= 4 is 22.6 Å². The molecule has 0 saturated heterocycles. The molecule has 4 nitrogen and oxygen atoms in total. The van der Waals surface area contributed by atoms with Gasteiger partial charge in [0.25, 0.3) is 0 Å². The smallest absolute Gasteiger partial charge is 0.224 e. The third kappa shape index (κ3) is 1.80. The molecule has 0 bridgehead atoms. The summed E-state index contributed by atoms with van der Waals surface area (Å²) in [4.78, 5) is 8.21. The minimum absolute atomic E-state index is 0.241. The normalized spacial score (nSPS) is 10.8. The summed E-state index contributed by atoms with van der Waals surface area (Å²) >= 11 is 5.83. The van der Waals surface area contributed by atoms with Gasteiger partial charge in [0, 0.05) is 23.8 Å². The molecule has 0 spiro atoms. The SMILES string of the molecule is COc1cccc(-n2ccc3cnc(Cl)nc32)c1. The Bertz CT molecular complexity index is 708. The monoisotopic (exact) mass is 259 g/mol. The van der Waals surface area contributed by atoms with Gasteiger partial charge in [0.05, 0.1) is 12.8 Å². The van der Waals surface area contributed by atoms with Crippen molar-refractivity contribution in [2.75, 3.05) is 7.11 Å². The molecule has 3 rings (SSSR count). The van der Waals surface area contributed by atoms with Crippen LogP contribution in [0.3, 0.4) is 0 Å². The lowest BCUT2D eigenvalue weighted by Crippen LogP contribution is -1.95. The standard InChI is InChI=1S/C13H10ClN3O/c1-18-11-4-2-3-10(7-11)17-6-5-9-8-15-13(14)16-12(9)17/h2-8H,1H3. The molecule has 90 valence electrons. The van der Waals surface area contributed by atoms with Crippen molar-refractivity contribution in [2.45, 2.75) is 0 Å². The first kappa shape index (κ1) is 11.0. The average Bonchev–Trinajstić information content (AvgIpc) is 2.81. The van der Waals surface area contributed by atoms with Gasteiger partial charge in [-0.15, -0.1) is 0 Å². The van der Waals surface area contributed by atoms with Gasteiger partial charge in [0.15, 0.2) is 0 Å². The highest BCUT2D eigenvalue weighted by Crippen LogP contribution is 2.22. The summed E-state index contributed by atoms with van der Waals surface area (Å²) < 4.78 is 7.17. The van der Waals surface area contributed by atoms with Crippen LogP contribution in [0.4, 0.5) is 0 Å². The van der Waals surface area contributed by atoms with Crippen molar-refractivity contribution in [1.82, 2.24) is 14.5 Å². The van der Waals surface area contributed by atoms with Crippen molar-refractivity contribution < 1.29 is 4.74 Å². The number of hydrogen-bond acceptors (Lipinski definition) is 3. The number of methoxy groups -OCH3 is 1. The van der Waals surface area contributed by atoms with Gasteiger partial charge in [-0.3, -0.25) is 0 Å². The van der Waals surface area contributed by atoms with Crippen molar-refractivity contribution in [2.24, 2.45) is 0 Å². The second kappa shape index (κ2) is 4.31. The van der Waals surface area contributed by atoms with Crippen LogP contribution < -0.4 is 4.74 Å². The lowest BCUT2D eigenvalue weighted by Gasteiger charge is -2.06. The van der Waals surface area contributed by atoms with Gasteiger partial charge in [-0.1, -0.05) is 6.07 Å². The highest BCUT2D eigenvalue weighted by Gasteiger charge is 2.06. The Hall–Kier alpha value is -2.07. The molecule has 2 aromatic heterocycles. The quantitative estimate of drug-likeness (QED) is 0.664. The number of benzene rings is 1. The van der Waals surface area contributed by atoms with Gasteiger partial charge < -0.3 is 9.30 Å². The highest BCUT2D eigenvalue weighted by atomic mass is 35.5. The van der Waals surface area contributed by atoms with Crippen LogP contribution >= 0.6 is 11.6 Å².